The molecule has 0 spiro atoms. The minimum Gasteiger partial charge on any atom is -0.480 e. The largest absolute Gasteiger partial charge is 0.480 e. The van der Waals surface area contributed by atoms with E-state index >= 15 is 0 Å². The Kier molecular flexibility index (Phi) is 3.27. The smallest absolute Gasteiger partial charge is 0.323 e. The van der Waals surface area contributed by atoms with E-state index in [1.807, 2.05) is 6.07 Å². The number of para-hydroxylation sites is 1. The molecule has 0 radical (unpaired) electrons. The van der Waals surface area contributed by atoms with E-state index in [1.54, 1.807) is 24.3 Å². The predicted molar refractivity (Wildman–Crippen MR) is 63.0 cm³/mol. The zero-order valence-electron chi connectivity index (χ0n) is 9.30. The number of hydrogen-bond donors (Lipinski definition) is 2. The second-order valence-corrected chi connectivity index (χ2v) is 4.04. The number of rotatable bonds is 4. The van der Waals surface area contributed by atoms with Gasteiger partial charge in [0.05, 0.1) is 0 Å². The van der Waals surface area contributed by atoms with Gasteiger partial charge in [-0.15, -0.1) is 0 Å². The number of amides is 2. The van der Waals surface area contributed by atoms with Gasteiger partial charge < -0.3 is 10.4 Å². The Hall–Kier alpha value is -2.04. The Bertz CT molecular complexity index is 415. The lowest BCUT2D eigenvalue weighted by molar-refractivity contribution is -0.135. The second kappa shape index (κ2) is 4.86. The summed E-state index contributed by atoms with van der Waals surface area (Å²) in [6.07, 6.45) is 1.95. The first kappa shape index (κ1) is 11.4. The monoisotopic (exact) mass is 234 g/mol. The Labute approximate surface area is 99.0 Å². The molecule has 2 rings (SSSR count). The fourth-order valence-electron chi connectivity index (χ4n) is 1.50. The number of nitrogens with zero attached hydrogens (tertiary/aromatic N) is 1. The van der Waals surface area contributed by atoms with Gasteiger partial charge in [-0.3, -0.25) is 9.69 Å². The van der Waals surface area contributed by atoms with Gasteiger partial charge in [0.2, 0.25) is 0 Å². The number of anilines is 1. The van der Waals surface area contributed by atoms with Crippen LogP contribution in [0.25, 0.3) is 0 Å². The van der Waals surface area contributed by atoms with E-state index in [9.17, 15) is 9.59 Å². The third-order valence-electron chi connectivity index (χ3n) is 2.51. The van der Waals surface area contributed by atoms with Gasteiger partial charge in [-0.2, -0.15) is 0 Å². The molecule has 1 aromatic rings. The summed E-state index contributed by atoms with van der Waals surface area (Å²) in [7, 11) is 0. The third-order valence-corrected chi connectivity index (χ3v) is 2.51. The summed E-state index contributed by atoms with van der Waals surface area (Å²) < 4.78 is 0. The highest BCUT2D eigenvalue weighted by atomic mass is 16.4. The normalized spacial score (nSPS) is 14.1. The van der Waals surface area contributed by atoms with Crippen molar-refractivity contribution in [2.45, 2.75) is 18.9 Å². The fraction of sp³-hybridized carbons (Fsp3) is 0.333. The van der Waals surface area contributed by atoms with Crippen LogP contribution in [0.4, 0.5) is 10.5 Å². The molecule has 1 fully saturated rings. The lowest BCUT2D eigenvalue weighted by atomic mass is 10.3. The lowest BCUT2D eigenvalue weighted by Crippen LogP contribution is -2.43. The van der Waals surface area contributed by atoms with Crippen molar-refractivity contribution in [3.05, 3.63) is 30.3 Å². The van der Waals surface area contributed by atoms with Crippen molar-refractivity contribution < 1.29 is 14.7 Å². The molecule has 0 heterocycles. The Morgan fingerprint density at radius 3 is 2.47 bits per heavy atom. The van der Waals surface area contributed by atoms with E-state index in [4.69, 9.17) is 5.11 Å². The first-order valence-corrected chi connectivity index (χ1v) is 5.51. The third kappa shape index (κ3) is 3.21. The zero-order valence-corrected chi connectivity index (χ0v) is 9.30. The molecular formula is C12H14N2O3. The maximum absolute atomic E-state index is 11.9. The van der Waals surface area contributed by atoms with Crippen LogP contribution in [0.1, 0.15) is 12.8 Å². The number of carbonyl (C=O) groups excluding carboxylic acids is 1. The molecule has 0 bridgehead atoms. The van der Waals surface area contributed by atoms with E-state index < -0.39 is 5.97 Å². The molecule has 0 aliphatic heterocycles. The van der Waals surface area contributed by atoms with Gasteiger partial charge in [-0.1, -0.05) is 18.2 Å². The number of nitrogens with one attached hydrogen (secondary N) is 1. The molecule has 17 heavy (non-hydrogen) atoms. The summed E-state index contributed by atoms with van der Waals surface area (Å²) in [5.41, 5.74) is 0.591. The summed E-state index contributed by atoms with van der Waals surface area (Å²) in [5, 5.41) is 11.6. The molecule has 90 valence electrons. The van der Waals surface area contributed by atoms with Crippen molar-refractivity contribution in [1.82, 2.24) is 5.32 Å². The summed E-state index contributed by atoms with van der Waals surface area (Å²) in [4.78, 5) is 23.9. The van der Waals surface area contributed by atoms with Crippen LogP contribution in [0.5, 0.6) is 0 Å². The van der Waals surface area contributed by atoms with Gasteiger partial charge in [-0.25, -0.2) is 4.79 Å². The molecule has 1 aliphatic carbocycles. The Balaban J connectivity index is 2.11. The number of aliphatic carboxylic acids is 1. The van der Waals surface area contributed by atoms with Gasteiger partial charge in [0.1, 0.15) is 6.54 Å². The minimum atomic E-state index is -1.03. The average Bonchev–Trinajstić information content (AvgIpc) is 3.10. The highest BCUT2D eigenvalue weighted by Gasteiger charge is 2.27. The summed E-state index contributed by atoms with van der Waals surface area (Å²) in [6, 6.07) is 8.67. The molecule has 0 saturated heterocycles. The first-order chi connectivity index (χ1) is 8.16. The van der Waals surface area contributed by atoms with Crippen LogP contribution in [-0.4, -0.2) is 29.7 Å². The number of urea groups is 1. The quantitative estimate of drug-likeness (QED) is 0.828. The maximum Gasteiger partial charge on any atom is 0.323 e. The standard InChI is InChI=1S/C12H14N2O3/c15-11(16)8-14(10-4-2-1-3-5-10)12(17)13-9-6-7-9/h1-5,9H,6-8H2,(H,13,17)(H,15,16). The summed E-state index contributed by atoms with van der Waals surface area (Å²) >= 11 is 0. The lowest BCUT2D eigenvalue weighted by Gasteiger charge is -2.21. The Morgan fingerprint density at radius 2 is 1.94 bits per heavy atom. The number of benzene rings is 1. The van der Waals surface area contributed by atoms with Gasteiger partial charge in [-0.05, 0) is 25.0 Å². The number of carbonyl (C=O) groups is 2. The highest BCUT2D eigenvalue weighted by Crippen LogP contribution is 2.20. The van der Waals surface area contributed by atoms with Gasteiger partial charge in [0.15, 0.2) is 0 Å². The van der Waals surface area contributed by atoms with Crippen LogP contribution in [0, 0.1) is 0 Å². The molecule has 1 saturated carbocycles. The fourth-order valence-corrected chi connectivity index (χ4v) is 1.50. The van der Waals surface area contributed by atoms with Crippen LogP contribution in [0.2, 0.25) is 0 Å². The molecule has 2 amide bonds. The Morgan fingerprint density at radius 1 is 1.29 bits per heavy atom. The van der Waals surface area contributed by atoms with Gasteiger partial charge >= 0.3 is 12.0 Å². The zero-order chi connectivity index (χ0) is 12.3. The van der Waals surface area contributed by atoms with Crippen molar-refractivity contribution in [2.75, 3.05) is 11.4 Å². The van der Waals surface area contributed by atoms with Crippen LogP contribution in [0.15, 0.2) is 30.3 Å². The summed E-state index contributed by atoms with van der Waals surface area (Å²) in [5.74, 6) is -1.03. The topological polar surface area (TPSA) is 69.6 Å². The minimum absolute atomic E-state index is 0.211. The number of hydrogen-bond acceptors (Lipinski definition) is 2. The number of carboxylic acids is 1. The van der Waals surface area contributed by atoms with Crippen LogP contribution in [0.3, 0.4) is 0 Å². The van der Waals surface area contributed by atoms with Gasteiger partial charge in [0.25, 0.3) is 0 Å². The predicted octanol–water partition coefficient (Wildman–Crippen LogP) is 1.45. The molecule has 5 nitrogen and oxygen atoms in total. The van der Waals surface area contributed by atoms with E-state index in [2.05, 4.69) is 5.32 Å². The van der Waals surface area contributed by atoms with Gasteiger partial charge in [0, 0.05) is 11.7 Å². The molecule has 0 unspecified atom stereocenters. The van der Waals surface area contributed by atoms with E-state index in [1.165, 1.54) is 4.90 Å². The average molecular weight is 234 g/mol. The summed E-state index contributed by atoms with van der Waals surface area (Å²) in [6.45, 7) is -0.331. The SMILES string of the molecule is O=C(O)CN(C(=O)NC1CC1)c1ccccc1. The van der Waals surface area contributed by atoms with E-state index in [0.717, 1.165) is 12.8 Å². The molecule has 0 atom stereocenters. The molecule has 2 N–H and O–H groups in total. The molecule has 5 heteroatoms. The van der Waals surface area contributed by atoms with Crippen LogP contribution in [-0.2, 0) is 4.79 Å². The van der Waals surface area contributed by atoms with E-state index in [-0.39, 0.29) is 18.6 Å². The highest BCUT2D eigenvalue weighted by molar-refractivity contribution is 5.96. The van der Waals surface area contributed by atoms with Crippen molar-refractivity contribution in [2.24, 2.45) is 0 Å². The molecular weight excluding hydrogens is 220 g/mol. The van der Waals surface area contributed by atoms with Crippen molar-refractivity contribution in [3.8, 4) is 0 Å². The second-order valence-electron chi connectivity index (χ2n) is 4.04. The molecule has 0 aromatic heterocycles. The van der Waals surface area contributed by atoms with Crippen LogP contribution < -0.4 is 10.2 Å². The van der Waals surface area contributed by atoms with Crippen LogP contribution >= 0.6 is 0 Å². The van der Waals surface area contributed by atoms with Crippen molar-refractivity contribution in [1.29, 1.82) is 0 Å². The molecule has 1 aromatic carbocycles. The molecule has 1 aliphatic rings. The number of carboxylic acid groups (broad SMARTS) is 1. The first-order valence-electron chi connectivity index (χ1n) is 5.51. The van der Waals surface area contributed by atoms with Crippen molar-refractivity contribution in [3.63, 3.8) is 0 Å². The van der Waals surface area contributed by atoms with E-state index in [0.29, 0.717) is 5.69 Å². The maximum atomic E-state index is 11.9. The van der Waals surface area contributed by atoms with Crippen molar-refractivity contribution >= 4 is 17.7 Å².